The molecule has 0 spiro atoms. The highest BCUT2D eigenvalue weighted by Gasteiger charge is 2.07. The highest BCUT2D eigenvalue weighted by Crippen LogP contribution is 2.17. The summed E-state index contributed by atoms with van der Waals surface area (Å²) in [6.07, 6.45) is 1.13. The van der Waals surface area contributed by atoms with E-state index < -0.39 is 0 Å². The lowest BCUT2D eigenvalue weighted by atomic mass is 10.2. The van der Waals surface area contributed by atoms with E-state index in [4.69, 9.17) is 0 Å². The van der Waals surface area contributed by atoms with Crippen molar-refractivity contribution in [3.05, 3.63) is 11.4 Å². The van der Waals surface area contributed by atoms with Crippen LogP contribution in [0.3, 0.4) is 0 Å². The smallest absolute Gasteiger partial charge is 0.0825 e. The summed E-state index contributed by atoms with van der Waals surface area (Å²) in [4.78, 5) is 0. The van der Waals surface area contributed by atoms with Gasteiger partial charge in [-0.05, 0) is 27.2 Å². The molecule has 3 nitrogen and oxygen atoms in total. The molecule has 0 saturated heterocycles. The third-order valence-electron chi connectivity index (χ3n) is 2.13. The maximum absolute atomic E-state index is 4.12. The van der Waals surface area contributed by atoms with E-state index in [2.05, 4.69) is 29.4 Å². The molecule has 0 aliphatic carbocycles. The van der Waals surface area contributed by atoms with Gasteiger partial charge in [-0.2, -0.15) is 5.10 Å². The largest absolute Gasteiger partial charge is 0.380 e. The summed E-state index contributed by atoms with van der Waals surface area (Å²) in [6, 6.07) is 0.514. The molecule has 3 heteroatoms. The van der Waals surface area contributed by atoms with Gasteiger partial charge in [0.1, 0.15) is 0 Å². The molecule has 0 bridgehead atoms. The molecule has 0 aliphatic heterocycles. The molecule has 68 valence electrons. The van der Waals surface area contributed by atoms with Gasteiger partial charge < -0.3 is 5.32 Å². The van der Waals surface area contributed by atoms with Crippen molar-refractivity contribution in [3.8, 4) is 0 Å². The van der Waals surface area contributed by atoms with Crippen molar-refractivity contribution in [2.24, 2.45) is 0 Å². The van der Waals surface area contributed by atoms with E-state index in [-0.39, 0.29) is 0 Å². The number of nitrogens with one attached hydrogen (secondary N) is 2. The van der Waals surface area contributed by atoms with Gasteiger partial charge in [0.2, 0.25) is 0 Å². The average molecular weight is 167 g/mol. The van der Waals surface area contributed by atoms with Crippen molar-refractivity contribution < 1.29 is 0 Å². The third kappa shape index (κ3) is 1.78. The maximum atomic E-state index is 4.12. The van der Waals surface area contributed by atoms with E-state index in [9.17, 15) is 0 Å². The first-order chi connectivity index (χ1) is 5.65. The number of hydrogen-bond donors (Lipinski definition) is 2. The molecule has 0 radical (unpaired) electrons. The maximum Gasteiger partial charge on any atom is 0.0825 e. The highest BCUT2D eigenvalue weighted by atomic mass is 15.2. The molecule has 12 heavy (non-hydrogen) atoms. The Hall–Kier alpha value is -0.990. The molecule has 1 rings (SSSR count). The van der Waals surface area contributed by atoms with Crippen LogP contribution < -0.4 is 5.32 Å². The average Bonchev–Trinajstić information content (AvgIpc) is 2.35. The fraction of sp³-hybridized carbons (Fsp3) is 0.667. The molecule has 2 N–H and O–H groups in total. The Morgan fingerprint density at radius 1 is 1.50 bits per heavy atom. The van der Waals surface area contributed by atoms with Crippen molar-refractivity contribution in [2.45, 2.75) is 40.2 Å². The monoisotopic (exact) mass is 167 g/mol. The zero-order valence-corrected chi connectivity index (χ0v) is 8.23. The predicted molar refractivity (Wildman–Crippen MR) is 51.4 cm³/mol. The lowest BCUT2D eigenvalue weighted by Gasteiger charge is -2.12. The molecule has 0 aliphatic rings. The predicted octanol–water partition coefficient (Wildman–Crippen LogP) is 2.24. The molecule has 1 atom stereocenters. The molecule has 1 aromatic heterocycles. The molecular weight excluding hydrogens is 150 g/mol. The van der Waals surface area contributed by atoms with Gasteiger partial charge in [-0.3, -0.25) is 5.10 Å². The summed E-state index contributed by atoms with van der Waals surface area (Å²) >= 11 is 0. The van der Waals surface area contributed by atoms with Crippen LogP contribution in [0.15, 0.2) is 0 Å². The van der Waals surface area contributed by atoms with Gasteiger partial charge in [0, 0.05) is 6.04 Å². The second kappa shape index (κ2) is 3.61. The Bertz CT molecular complexity index is 233. The van der Waals surface area contributed by atoms with Crippen LogP contribution in [0.1, 0.15) is 31.7 Å². The van der Waals surface area contributed by atoms with Gasteiger partial charge in [-0.1, -0.05) is 6.92 Å². The van der Waals surface area contributed by atoms with Gasteiger partial charge in [0.15, 0.2) is 0 Å². The molecule has 0 fully saturated rings. The second-order valence-corrected chi connectivity index (χ2v) is 3.26. The minimum Gasteiger partial charge on any atom is -0.380 e. The van der Waals surface area contributed by atoms with Crippen LogP contribution in [0.2, 0.25) is 0 Å². The number of aryl methyl sites for hydroxylation is 2. The van der Waals surface area contributed by atoms with Crippen LogP contribution in [0, 0.1) is 13.8 Å². The second-order valence-electron chi connectivity index (χ2n) is 3.26. The summed E-state index contributed by atoms with van der Waals surface area (Å²) in [5.74, 6) is 0. The Labute approximate surface area is 73.6 Å². The summed E-state index contributed by atoms with van der Waals surface area (Å²) in [5, 5.41) is 10.5. The standard InChI is InChI=1S/C9H17N3/c1-5-6(2)10-9-7(3)11-12-8(9)4/h6,10H,5H2,1-4H3,(H,11,12). The van der Waals surface area contributed by atoms with Crippen LogP contribution in [-0.4, -0.2) is 16.2 Å². The number of anilines is 1. The summed E-state index contributed by atoms with van der Waals surface area (Å²) < 4.78 is 0. The van der Waals surface area contributed by atoms with E-state index in [1.807, 2.05) is 13.8 Å². The summed E-state index contributed by atoms with van der Waals surface area (Å²) in [5.41, 5.74) is 3.32. The fourth-order valence-electron chi connectivity index (χ4n) is 1.11. The van der Waals surface area contributed by atoms with Crippen molar-refractivity contribution in [1.82, 2.24) is 10.2 Å². The molecule has 0 saturated carbocycles. The normalized spacial score (nSPS) is 13.0. The van der Waals surface area contributed by atoms with Crippen molar-refractivity contribution in [1.29, 1.82) is 0 Å². The van der Waals surface area contributed by atoms with Crippen molar-refractivity contribution in [3.63, 3.8) is 0 Å². The first-order valence-corrected chi connectivity index (χ1v) is 4.43. The van der Waals surface area contributed by atoms with Crippen LogP contribution in [0.5, 0.6) is 0 Å². The minimum absolute atomic E-state index is 0.514. The first kappa shape index (κ1) is 9.10. The molecular formula is C9H17N3. The van der Waals surface area contributed by atoms with Crippen LogP contribution in [-0.2, 0) is 0 Å². The highest BCUT2D eigenvalue weighted by molar-refractivity contribution is 5.51. The Morgan fingerprint density at radius 2 is 2.17 bits per heavy atom. The summed E-state index contributed by atoms with van der Waals surface area (Å²) in [7, 11) is 0. The molecule has 1 aromatic rings. The van der Waals surface area contributed by atoms with Crippen molar-refractivity contribution >= 4 is 5.69 Å². The number of aromatic nitrogens is 2. The van der Waals surface area contributed by atoms with Gasteiger partial charge in [0.05, 0.1) is 17.1 Å². The number of aromatic amines is 1. The Kier molecular flexibility index (Phi) is 2.74. The topological polar surface area (TPSA) is 40.7 Å². The number of nitrogens with zero attached hydrogens (tertiary/aromatic N) is 1. The number of H-pyrrole nitrogens is 1. The fourth-order valence-corrected chi connectivity index (χ4v) is 1.11. The van der Waals surface area contributed by atoms with Gasteiger partial charge in [-0.25, -0.2) is 0 Å². The first-order valence-electron chi connectivity index (χ1n) is 4.43. The SMILES string of the molecule is CCC(C)Nc1c(C)n[nH]c1C. The van der Waals surface area contributed by atoms with Gasteiger partial charge in [0.25, 0.3) is 0 Å². The number of hydrogen-bond acceptors (Lipinski definition) is 2. The minimum atomic E-state index is 0.514. The van der Waals surface area contributed by atoms with Crippen LogP contribution in [0.25, 0.3) is 0 Å². The van der Waals surface area contributed by atoms with E-state index in [0.717, 1.165) is 23.5 Å². The molecule has 0 aromatic carbocycles. The van der Waals surface area contributed by atoms with E-state index in [0.29, 0.717) is 6.04 Å². The zero-order valence-electron chi connectivity index (χ0n) is 8.23. The number of rotatable bonds is 3. The van der Waals surface area contributed by atoms with E-state index in [1.54, 1.807) is 0 Å². The lowest BCUT2D eigenvalue weighted by Crippen LogP contribution is -2.14. The van der Waals surface area contributed by atoms with Gasteiger partial charge >= 0.3 is 0 Å². The van der Waals surface area contributed by atoms with Crippen LogP contribution in [0.4, 0.5) is 5.69 Å². The van der Waals surface area contributed by atoms with E-state index in [1.165, 1.54) is 0 Å². The third-order valence-corrected chi connectivity index (χ3v) is 2.13. The molecule has 1 heterocycles. The Balaban J connectivity index is 2.73. The quantitative estimate of drug-likeness (QED) is 0.724. The van der Waals surface area contributed by atoms with Gasteiger partial charge in [-0.15, -0.1) is 0 Å². The Morgan fingerprint density at radius 3 is 2.58 bits per heavy atom. The van der Waals surface area contributed by atoms with E-state index >= 15 is 0 Å². The van der Waals surface area contributed by atoms with Crippen molar-refractivity contribution in [2.75, 3.05) is 5.32 Å². The molecule has 0 amide bonds. The molecule has 1 unspecified atom stereocenters. The lowest BCUT2D eigenvalue weighted by molar-refractivity contribution is 0.762. The zero-order chi connectivity index (χ0) is 9.14. The van der Waals surface area contributed by atoms with Crippen LogP contribution >= 0.6 is 0 Å². The summed E-state index contributed by atoms with van der Waals surface area (Å²) in [6.45, 7) is 8.38.